The smallest absolute Gasteiger partial charge is 0.328 e. The quantitative estimate of drug-likeness (QED) is 0.114. The Balaban J connectivity index is 1.03. The van der Waals surface area contributed by atoms with Gasteiger partial charge in [0.15, 0.2) is 0 Å². The van der Waals surface area contributed by atoms with Crippen LogP contribution in [-0.4, -0.2) is 48.9 Å². The van der Waals surface area contributed by atoms with Gasteiger partial charge in [-0.05, 0) is 100 Å². The number of esters is 1. The molecule has 6 aromatic carbocycles. The van der Waals surface area contributed by atoms with Gasteiger partial charge in [0.05, 0.1) is 40.5 Å². The molecule has 0 aromatic heterocycles. The summed E-state index contributed by atoms with van der Waals surface area (Å²) in [6.07, 6.45) is 0.398. The molecular weight excluding hydrogens is 847 g/mol. The molecule has 1 unspecified atom stereocenters. The van der Waals surface area contributed by atoms with Gasteiger partial charge in [0.25, 0.3) is 5.91 Å². The summed E-state index contributed by atoms with van der Waals surface area (Å²) in [5.74, 6) is 0.111. The molecule has 2 amide bonds. The van der Waals surface area contributed by atoms with E-state index < -0.39 is 24.2 Å². The van der Waals surface area contributed by atoms with Crippen LogP contribution in [0.15, 0.2) is 133 Å². The number of nitrogens with one attached hydrogen (secondary N) is 1. The Morgan fingerprint density at radius 3 is 2.20 bits per heavy atom. The van der Waals surface area contributed by atoms with Crippen molar-refractivity contribution in [2.45, 2.75) is 63.6 Å². The molecule has 12 heteroatoms. The zero-order valence-corrected chi connectivity index (χ0v) is 37.1. The highest BCUT2D eigenvalue weighted by Crippen LogP contribution is 2.43. The molecule has 0 bridgehead atoms. The number of hydrogen-bond acceptors (Lipinski definition) is 8. The van der Waals surface area contributed by atoms with Crippen molar-refractivity contribution < 1.29 is 28.6 Å². The van der Waals surface area contributed by atoms with E-state index >= 15 is 0 Å². The summed E-state index contributed by atoms with van der Waals surface area (Å²) < 4.78 is 17.7. The van der Waals surface area contributed by atoms with Crippen molar-refractivity contribution in [3.63, 3.8) is 0 Å². The number of nitrogens with zero attached hydrogens (tertiary/aromatic N) is 3. The van der Waals surface area contributed by atoms with Crippen LogP contribution in [0.4, 0.5) is 5.69 Å². The van der Waals surface area contributed by atoms with Gasteiger partial charge in [-0.1, -0.05) is 115 Å². The molecule has 0 radical (unpaired) electrons. The van der Waals surface area contributed by atoms with Gasteiger partial charge in [0, 0.05) is 31.6 Å². The van der Waals surface area contributed by atoms with Crippen molar-refractivity contribution in [1.82, 2.24) is 10.2 Å². The largest absolute Gasteiger partial charge is 0.489 e. The summed E-state index contributed by atoms with van der Waals surface area (Å²) >= 11 is 12.2. The maximum absolute atomic E-state index is 14.7. The van der Waals surface area contributed by atoms with Crippen LogP contribution in [0.1, 0.15) is 64.4 Å². The first kappa shape index (κ1) is 44.0. The molecule has 2 aliphatic heterocycles. The van der Waals surface area contributed by atoms with Gasteiger partial charge >= 0.3 is 5.97 Å². The molecule has 0 spiro atoms. The van der Waals surface area contributed by atoms with E-state index in [0.29, 0.717) is 57.9 Å². The zero-order chi connectivity index (χ0) is 44.9. The maximum Gasteiger partial charge on any atom is 0.328 e. The number of fused-ring (bicyclic) bond motifs is 2. The lowest BCUT2D eigenvalue weighted by Gasteiger charge is -2.42. The molecule has 2 heterocycles. The molecule has 2 aliphatic rings. The van der Waals surface area contributed by atoms with Gasteiger partial charge < -0.3 is 24.4 Å². The topological polar surface area (TPSA) is 121 Å². The molecule has 0 saturated carbocycles. The van der Waals surface area contributed by atoms with E-state index in [9.17, 15) is 19.6 Å². The van der Waals surface area contributed by atoms with Crippen molar-refractivity contribution in [2.75, 3.05) is 19.1 Å². The maximum atomic E-state index is 14.7. The lowest BCUT2D eigenvalue weighted by atomic mass is 9.88. The number of likely N-dealkylation sites (N-methyl/N-ethyl adjacent to an activating group) is 1. The number of methoxy groups -OCH3 is 1. The van der Waals surface area contributed by atoms with Crippen LogP contribution < -0.4 is 19.7 Å². The minimum Gasteiger partial charge on any atom is -0.489 e. The number of halogens is 2. The fourth-order valence-corrected chi connectivity index (χ4v) is 8.84. The first-order valence-electron chi connectivity index (χ1n) is 21.1. The number of rotatable bonds is 13. The molecule has 10 nitrogen and oxygen atoms in total. The van der Waals surface area contributed by atoms with Gasteiger partial charge in [-0.2, -0.15) is 5.26 Å². The highest BCUT2D eigenvalue weighted by molar-refractivity contribution is 6.42. The van der Waals surface area contributed by atoms with Crippen molar-refractivity contribution in [2.24, 2.45) is 0 Å². The second-order valence-electron chi connectivity index (χ2n) is 16.0. The third-order valence-electron chi connectivity index (χ3n) is 12.0. The normalized spacial score (nSPS) is 16.6. The first-order valence-corrected chi connectivity index (χ1v) is 21.8. The van der Waals surface area contributed by atoms with E-state index in [0.717, 1.165) is 45.4 Å². The summed E-state index contributed by atoms with van der Waals surface area (Å²) in [6, 6.07) is 42.2. The molecule has 0 fully saturated rings. The van der Waals surface area contributed by atoms with E-state index in [2.05, 4.69) is 35.3 Å². The van der Waals surface area contributed by atoms with Crippen molar-refractivity contribution in [3.05, 3.63) is 182 Å². The number of hydrogen-bond donors (Lipinski definition) is 1. The molecule has 324 valence electrons. The minimum absolute atomic E-state index is 0.122. The van der Waals surface area contributed by atoms with Crippen molar-refractivity contribution in [3.8, 4) is 28.7 Å². The Morgan fingerprint density at radius 2 is 1.55 bits per heavy atom. The highest BCUT2D eigenvalue weighted by atomic mass is 35.5. The number of ether oxygens (including phenoxy) is 3. The number of amides is 2. The minimum atomic E-state index is -0.945. The fraction of sp³-hybridized carbons (Fsp3) is 0.231. The lowest BCUT2D eigenvalue weighted by molar-refractivity contribution is -0.146. The summed E-state index contributed by atoms with van der Waals surface area (Å²) in [6.45, 7) is 2.82. The Hall–Kier alpha value is -6.64. The number of benzene rings is 6. The molecule has 64 heavy (non-hydrogen) atoms. The van der Waals surface area contributed by atoms with Crippen LogP contribution >= 0.6 is 23.2 Å². The van der Waals surface area contributed by atoms with Crippen molar-refractivity contribution in [1.29, 1.82) is 5.26 Å². The number of carbonyl (C=O) groups excluding carboxylic acids is 3. The average Bonchev–Trinajstić information content (AvgIpc) is 3.33. The van der Waals surface area contributed by atoms with Crippen LogP contribution in [0.5, 0.6) is 11.5 Å². The van der Waals surface area contributed by atoms with E-state index in [1.807, 2.05) is 97.1 Å². The summed E-state index contributed by atoms with van der Waals surface area (Å²) in [4.78, 5) is 45.7. The fourth-order valence-electron chi connectivity index (χ4n) is 8.51. The van der Waals surface area contributed by atoms with Gasteiger partial charge in [0.1, 0.15) is 24.1 Å². The predicted molar refractivity (Wildman–Crippen MR) is 247 cm³/mol. The summed E-state index contributed by atoms with van der Waals surface area (Å²) in [5.41, 5.74) is 8.48. The van der Waals surface area contributed by atoms with Crippen LogP contribution in [0.2, 0.25) is 10.0 Å². The van der Waals surface area contributed by atoms with Crippen molar-refractivity contribution >= 4 is 46.7 Å². The second-order valence-corrected chi connectivity index (χ2v) is 16.8. The Bertz CT molecular complexity index is 2710. The molecule has 0 aliphatic carbocycles. The standard InChI is InChI=1S/C52H46Cl2N4O6/c1-4-45(37-8-6-5-7-9-37)58-30-40-28-48-46(57(2)51(60)49(64-48)38-19-21-41(22-20-38)63-31-34-14-23-42(53)43(54)24-34)26-39(40)27-47(58)50(59)56-44(52(61)62-3)25-32-10-15-35(16-11-32)36-17-12-33(29-55)13-18-36/h5-24,26,28,44-45,47,49H,4,25,27,30-31H2,1-3H3,(H,56,59)/t44-,45+,47?,49-/m0/s1. The SMILES string of the molecule is CC[C@H](c1ccccc1)N1Cc2cc3c(cc2CC1C(=O)N[C@@H](Cc1ccc(-c2ccc(C#N)cc2)cc1)C(=O)OC)N(C)C(=O)[C@H](c1ccc(OCc2ccc(Cl)c(Cl)c2)cc1)O3. The van der Waals surface area contributed by atoms with Gasteiger partial charge in [-0.25, -0.2) is 4.79 Å². The predicted octanol–water partition coefficient (Wildman–Crippen LogP) is 9.99. The van der Waals surface area contributed by atoms with Gasteiger partial charge in [-0.3, -0.25) is 14.5 Å². The van der Waals surface area contributed by atoms with Crippen LogP contribution in [0, 0.1) is 11.3 Å². The Labute approximate surface area is 382 Å². The number of anilines is 1. The van der Waals surface area contributed by atoms with E-state index in [-0.39, 0.29) is 24.3 Å². The second kappa shape index (κ2) is 19.4. The van der Waals surface area contributed by atoms with Crippen LogP contribution in [0.25, 0.3) is 11.1 Å². The third kappa shape index (κ3) is 9.48. The van der Waals surface area contributed by atoms with Crippen LogP contribution in [0.3, 0.4) is 0 Å². The van der Waals surface area contributed by atoms with E-state index in [1.165, 1.54) is 7.11 Å². The van der Waals surface area contributed by atoms with Gasteiger partial charge in [-0.15, -0.1) is 0 Å². The summed E-state index contributed by atoms with van der Waals surface area (Å²) in [7, 11) is 3.05. The number of nitriles is 1. The molecule has 0 saturated heterocycles. The molecule has 4 atom stereocenters. The monoisotopic (exact) mass is 892 g/mol. The number of carbonyl (C=O) groups is 3. The Morgan fingerprint density at radius 1 is 0.859 bits per heavy atom. The molecule has 6 aromatic rings. The zero-order valence-electron chi connectivity index (χ0n) is 35.6. The van der Waals surface area contributed by atoms with E-state index in [1.54, 1.807) is 36.2 Å². The first-order chi connectivity index (χ1) is 31.0. The lowest BCUT2D eigenvalue weighted by Crippen LogP contribution is -2.55. The van der Waals surface area contributed by atoms with Gasteiger partial charge in [0.2, 0.25) is 12.0 Å². The highest BCUT2D eigenvalue weighted by Gasteiger charge is 2.40. The Kier molecular flexibility index (Phi) is 13.3. The molecule has 8 rings (SSSR count). The average molecular weight is 894 g/mol. The van der Waals surface area contributed by atoms with Crippen LogP contribution in [-0.2, 0) is 45.1 Å². The summed E-state index contributed by atoms with van der Waals surface area (Å²) in [5, 5.41) is 13.2. The molecule has 1 N–H and O–H groups in total. The van der Waals surface area contributed by atoms with E-state index in [4.69, 9.17) is 37.4 Å². The molecular formula is C52H46Cl2N4O6. The third-order valence-corrected chi connectivity index (χ3v) is 12.7.